The minimum atomic E-state index is 0.0551. The van der Waals surface area contributed by atoms with Crippen LogP contribution in [0.4, 0.5) is 5.69 Å². The van der Waals surface area contributed by atoms with E-state index in [1.165, 1.54) is 0 Å². The van der Waals surface area contributed by atoms with E-state index in [0.29, 0.717) is 11.7 Å². The Morgan fingerprint density at radius 3 is 3.05 bits per heavy atom. The van der Waals surface area contributed by atoms with Crippen LogP contribution in [0.25, 0.3) is 0 Å². The van der Waals surface area contributed by atoms with Crippen molar-refractivity contribution >= 4 is 11.6 Å². The van der Waals surface area contributed by atoms with Gasteiger partial charge in [0.1, 0.15) is 5.69 Å². The first-order valence-corrected chi connectivity index (χ1v) is 7.77. The molecule has 1 aliphatic rings. The molecular weight excluding hydrogens is 264 g/mol. The Morgan fingerprint density at radius 2 is 2.33 bits per heavy atom. The highest BCUT2D eigenvalue weighted by atomic mass is 16.2. The molecular formula is C16H26N4O. The van der Waals surface area contributed by atoms with Crippen LogP contribution in [0.15, 0.2) is 18.3 Å². The third-order valence-corrected chi connectivity index (χ3v) is 3.77. The van der Waals surface area contributed by atoms with Gasteiger partial charge in [0.05, 0.1) is 0 Å². The van der Waals surface area contributed by atoms with Gasteiger partial charge in [-0.15, -0.1) is 0 Å². The van der Waals surface area contributed by atoms with E-state index in [0.717, 1.165) is 44.6 Å². The van der Waals surface area contributed by atoms with E-state index in [-0.39, 0.29) is 5.91 Å². The predicted octanol–water partition coefficient (Wildman–Crippen LogP) is 2.07. The molecule has 1 fully saturated rings. The Bertz CT molecular complexity index is 475. The molecule has 21 heavy (non-hydrogen) atoms. The zero-order valence-electron chi connectivity index (χ0n) is 13.3. The minimum Gasteiger partial charge on any atom is -0.385 e. The topological polar surface area (TPSA) is 48.5 Å². The van der Waals surface area contributed by atoms with Crippen LogP contribution in [0, 0.1) is 0 Å². The van der Waals surface area contributed by atoms with Crippen LogP contribution in [0.5, 0.6) is 0 Å². The lowest BCUT2D eigenvalue weighted by Crippen LogP contribution is -2.41. The standard InChI is InChI=1S/C16H26N4O/c1-4-8-17-13-7-9-18-15(11-13)16(21)20-10-5-6-14(20)12-19(2)3/h7,9,11,14H,4-6,8,10,12H2,1-3H3,(H,17,18). The first-order valence-electron chi connectivity index (χ1n) is 7.77. The second-order valence-corrected chi connectivity index (χ2v) is 5.91. The zero-order valence-corrected chi connectivity index (χ0v) is 13.3. The lowest BCUT2D eigenvalue weighted by molar-refractivity contribution is 0.0710. The summed E-state index contributed by atoms with van der Waals surface area (Å²) < 4.78 is 0. The minimum absolute atomic E-state index is 0.0551. The average molecular weight is 290 g/mol. The van der Waals surface area contributed by atoms with Crippen LogP contribution in [0.1, 0.15) is 36.7 Å². The van der Waals surface area contributed by atoms with Crippen molar-refractivity contribution in [2.75, 3.05) is 39.0 Å². The fourth-order valence-electron chi connectivity index (χ4n) is 2.79. The van der Waals surface area contributed by atoms with Gasteiger partial charge >= 0.3 is 0 Å². The van der Waals surface area contributed by atoms with Gasteiger partial charge in [0.25, 0.3) is 5.91 Å². The largest absolute Gasteiger partial charge is 0.385 e. The van der Waals surface area contributed by atoms with E-state index in [1.54, 1.807) is 6.20 Å². The second-order valence-electron chi connectivity index (χ2n) is 5.91. The van der Waals surface area contributed by atoms with Crippen LogP contribution in [0.2, 0.25) is 0 Å². The van der Waals surface area contributed by atoms with Crippen molar-refractivity contribution in [1.82, 2.24) is 14.8 Å². The number of likely N-dealkylation sites (N-methyl/N-ethyl adjacent to an activating group) is 1. The molecule has 5 nitrogen and oxygen atoms in total. The van der Waals surface area contributed by atoms with E-state index >= 15 is 0 Å². The first kappa shape index (κ1) is 15.8. The quantitative estimate of drug-likeness (QED) is 0.871. The summed E-state index contributed by atoms with van der Waals surface area (Å²) in [6.07, 6.45) is 4.93. The van der Waals surface area contributed by atoms with Gasteiger partial charge in [-0.25, -0.2) is 0 Å². The average Bonchev–Trinajstić information content (AvgIpc) is 2.92. The molecule has 2 heterocycles. The smallest absolute Gasteiger partial charge is 0.272 e. The molecule has 116 valence electrons. The number of carbonyl (C=O) groups is 1. The SMILES string of the molecule is CCCNc1ccnc(C(=O)N2CCCC2CN(C)C)c1. The van der Waals surface area contributed by atoms with Gasteiger partial charge in [-0.3, -0.25) is 9.78 Å². The monoisotopic (exact) mass is 290 g/mol. The summed E-state index contributed by atoms with van der Waals surface area (Å²) in [6.45, 7) is 4.78. The Hall–Kier alpha value is -1.62. The molecule has 1 atom stereocenters. The van der Waals surface area contributed by atoms with Gasteiger partial charge in [0.2, 0.25) is 0 Å². The van der Waals surface area contributed by atoms with Gasteiger partial charge < -0.3 is 15.1 Å². The maximum Gasteiger partial charge on any atom is 0.272 e. The summed E-state index contributed by atoms with van der Waals surface area (Å²) in [5.41, 5.74) is 1.51. The fourth-order valence-corrected chi connectivity index (χ4v) is 2.79. The van der Waals surface area contributed by atoms with E-state index in [9.17, 15) is 4.79 Å². The second kappa shape index (κ2) is 7.41. The van der Waals surface area contributed by atoms with Gasteiger partial charge in [-0.05, 0) is 45.5 Å². The van der Waals surface area contributed by atoms with Crippen molar-refractivity contribution in [1.29, 1.82) is 0 Å². The molecule has 0 radical (unpaired) electrons. The molecule has 5 heteroatoms. The van der Waals surface area contributed by atoms with Crippen molar-refractivity contribution in [3.05, 3.63) is 24.0 Å². The van der Waals surface area contributed by atoms with E-state index < -0.39 is 0 Å². The molecule has 1 N–H and O–H groups in total. The predicted molar refractivity (Wildman–Crippen MR) is 85.6 cm³/mol. The molecule has 1 unspecified atom stereocenters. The Labute approximate surface area is 127 Å². The summed E-state index contributed by atoms with van der Waals surface area (Å²) in [5.74, 6) is 0.0551. The van der Waals surface area contributed by atoms with E-state index in [4.69, 9.17) is 0 Å². The molecule has 0 aromatic carbocycles. The number of pyridine rings is 1. The van der Waals surface area contributed by atoms with Crippen molar-refractivity contribution < 1.29 is 4.79 Å². The number of nitrogens with one attached hydrogen (secondary N) is 1. The number of nitrogens with zero attached hydrogens (tertiary/aromatic N) is 3. The number of carbonyl (C=O) groups excluding carboxylic acids is 1. The molecule has 0 spiro atoms. The Kier molecular flexibility index (Phi) is 5.56. The fraction of sp³-hybridized carbons (Fsp3) is 0.625. The molecule has 0 saturated carbocycles. The van der Waals surface area contributed by atoms with Gasteiger partial charge in [0, 0.05) is 37.6 Å². The molecule has 0 bridgehead atoms. The number of likely N-dealkylation sites (tertiary alicyclic amines) is 1. The number of amides is 1. The third-order valence-electron chi connectivity index (χ3n) is 3.77. The Balaban J connectivity index is 2.08. The lowest BCUT2D eigenvalue weighted by Gasteiger charge is -2.27. The van der Waals surface area contributed by atoms with Crippen molar-refractivity contribution in [2.24, 2.45) is 0 Å². The summed E-state index contributed by atoms with van der Waals surface area (Å²) >= 11 is 0. The van der Waals surface area contributed by atoms with E-state index in [2.05, 4.69) is 36.2 Å². The molecule has 0 aliphatic carbocycles. The number of aromatic nitrogens is 1. The highest BCUT2D eigenvalue weighted by Gasteiger charge is 2.30. The summed E-state index contributed by atoms with van der Waals surface area (Å²) in [7, 11) is 4.10. The molecule has 2 rings (SSSR count). The normalized spacial score (nSPS) is 18.3. The lowest BCUT2D eigenvalue weighted by atomic mass is 10.2. The van der Waals surface area contributed by atoms with Crippen LogP contribution in [-0.2, 0) is 0 Å². The molecule has 1 amide bonds. The zero-order chi connectivity index (χ0) is 15.2. The molecule has 1 aromatic heterocycles. The molecule has 1 aliphatic heterocycles. The Morgan fingerprint density at radius 1 is 1.52 bits per heavy atom. The van der Waals surface area contributed by atoms with Crippen LogP contribution < -0.4 is 5.32 Å². The maximum absolute atomic E-state index is 12.7. The summed E-state index contributed by atoms with van der Waals surface area (Å²) in [6, 6.07) is 4.08. The first-order chi connectivity index (χ1) is 10.1. The summed E-state index contributed by atoms with van der Waals surface area (Å²) in [5, 5.41) is 3.30. The van der Waals surface area contributed by atoms with Crippen LogP contribution in [-0.4, -0.2) is 60.5 Å². The van der Waals surface area contributed by atoms with E-state index in [1.807, 2.05) is 17.0 Å². The molecule has 1 aromatic rings. The van der Waals surface area contributed by atoms with Crippen molar-refractivity contribution in [3.63, 3.8) is 0 Å². The maximum atomic E-state index is 12.7. The van der Waals surface area contributed by atoms with Crippen molar-refractivity contribution in [3.8, 4) is 0 Å². The van der Waals surface area contributed by atoms with Gasteiger partial charge in [-0.2, -0.15) is 0 Å². The summed E-state index contributed by atoms with van der Waals surface area (Å²) in [4.78, 5) is 21.1. The van der Waals surface area contributed by atoms with Crippen molar-refractivity contribution in [2.45, 2.75) is 32.2 Å². The van der Waals surface area contributed by atoms with Gasteiger partial charge in [0.15, 0.2) is 0 Å². The van der Waals surface area contributed by atoms with Gasteiger partial charge in [-0.1, -0.05) is 6.92 Å². The molecule has 1 saturated heterocycles. The number of hydrogen-bond acceptors (Lipinski definition) is 4. The highest BCUT2D eigenvalue weighted by Crippen LogP contribution is 2.21. The van der Waals surface area contributed by atoms with Crippen LogP contribution in [0.3, 0.4) is 0 Å². The number of rotatable bonds is 6. The highest BCUT2D eigenvalue weighted by molar-refractivity contribution is 5.93. The van der Waals surface area contributed by atoms with Crippen LogP contribution >= 0.6 is 0 Å². The third kappa shape index (κ3) is 4.17. The number of anilines is 1. The number of hydrogen-bond donors (Lipinski definition) is 1.